The summed E-state index contributed by atoms with van der Waals surface area (Å²) >= 11 is 6.62. The van der Waals surface area contributed by atoms with Crippen molar-refractivity contribution in [3.8, 4) is 0 Å². The summed E-state index contributed by atoms with van der Waals surface area (Å²) in [5.74, 6) is 0.119. The van der Waals surface area contributed by atoms with Crippen LogP contribution >= 0.6 is 23.6 Å². The van der Waals surface area contributed by atoms with Crippen molar-refractivity contribution < 1.29 is 4.79 Å². The number of aromatic nitrogens is 1. The number of hydrogen-bond acceptors (Lipinski definition) is 4. The van der Waals surface area contributed by atoms with Gasteiger partial charge in [-0.1, -0.05) is 23.5 Å². The van der Waals surface area contributed by atoms with Gasteiger partial charge in [0.25, 0.3) is 0 Å². The zero-order valence-corrected chi connectivity index (χ0v) is 12.6. The van der Waals surface area contributed by atoms with Crippen molar-refractivity contribution in [2.45, 2.75) is 12.8 Å². The Hall–Kier alpha value is -1.73. The molecular weight excluding hydrogens is 292 g/mol. The molecule has 5 nitrogen and oxygen atoms in total. The van der Waals surface area contributed by atoms with E-state index in [1.54, 1.807) is 11.3 Å². The van der Waals surface area contributed by atoms with E-state index in [-0.39, 0.29) is 16.9 Å². The van der Waals surface area contributed by atoms with Gasteiger partial charge >= 0.3 is 0 Å². The van der Waals surface area contributed by atoms with Crippen molar-refractivity contribution in [3.05, 3.63) is 29.1 Å². The predicted molar refractivity (Wildman–Crippen MR) is 83.0 cm³/mol. The number of aryl methyl sites for hydroxylation is 1. The molecule has 0 unspecified atom stereocenters. The Morgan fingerprint density at radius 1 is 1.45 bits per heavy atom. The lowest BCUT2D eigenvalue weighted by Crippen LogP contribution is -2.38. The second kappa shape index (κ2) is 5.34. The minimum Gasteiger partial charge on any atom is -0.318 e. The molecule has 104 valence electrons. The predicted octanol–water partition coefficient (Wildman–Crippen LogP) is 1.46. The summed E-state index contributed by atoms with van der Waals surface area (Å²) in [6, 6.07) is 8.08. The summed E-state index contributed by atoms with van der Waals surface area (Å²) in [6.07, 6.45) is 1.91. The topological polar surface area (TPSA) is 58.4 Å². The molecule has 0 bridgehead atoms. The average Bonchev–Trinajstić information content (AvgIpc) is 3.23. The molecule has 20 heavy (non-hydrogen) atoms. The molecule has 1 amide bonds. The lowest BCUT2D eigenvalue weighted by molar-refractivity contribution is -0.120. The third kappa shape index (κ3) is 2.73. The Morgan fingerprint density at radius 3 is 2.90 bits per heavy atom. The molecule has 0 spiro atoms. The van der Waals surface area contributed by atoms with Crippen LogP contribution in [-0.4, -0.2) is 15.6 Å². The molecule has 0 aliphatic heterocycles. The Labute approximate surface area is 125 Å². The third-order valence-electron chi connectivity index (χ3n) is 3.15. The number of para-hydroxylation sites is 1. The monoisotopic (exact) mass is 306 g/mol. The van der Waals surface area contributed by atoms with Crippen molar-refractivity contribution in [1.29, 1.82) is 0 Å². The highest BCUT2D eigenvalue weighted by atomic mass is 32.1. The minimum atomic E-state index is -0.0154. The number of carbonyl (C=O) groups excluding carboxylic acids is 1. The van der Waals surface area contributed by atoms with Gasteiger partial charge in [0.05, 0.1) is 10.2 Å². The van der Waals surface area contributed by atoms with E-state index in [1.165, 1.54) is 0 Å². The molecule has 0 atom stereocenters. The van der Waals surface area contributed by atoms with E-state index in [0.29, 0.717) is 0 Å². The van der Waals surface area contributed by atoms with Gasteiger partial charge in [-0.2, -0.15) is 0 Å². The van der Waals surface area contributed by atoms with Gasteiger partial charge in [0.1, 0.15) is 0 Å². The lowest BCUT2D eigenvalue weighted by atomic mass is 10.3. The summed E-state index contributed by atoms with van der Waals surface area (Å²) in [4.78, 5) is 12.4. The molecule has 1 aliphatic rings. The van der Waals surface area contributed by atoms with Gasteiger partial charge in [0, 0.05) is 13.0 Å². The van der Waals surface area contributed by atoms with E-state index >= 15 is 0 Å². The molecule has 3 rings (SSSR count). The Balaban J connectivity index is 1.75. The van der Waals surface area contributed by atoms with Crippen molar-refractivity contribution in [3.63, 3.8) is 0 Å². The number of thiocarbonyl (C=S) groups is 1. The van der Waals surface area contributed by atoms with Crippen LogP contribution < -0.4 is 15.5 Å². The highest BCUT2D eigenvalue weighted by Crippen LogP contribution is 2.28. The maximum absolute atomic E-state index is 11.6. The van der Waals surface area contributed by atoms with Crippen LogP contribution in [-0.2, 0) is 11.8 Å². The molecule has 1 aliphatic carbocycles. The van der Waals surface area contributed by atoms with Gasteiger partial charge in [-0.3, -0.25) is 10.2 Å². The summed E-state index contributed by atoms with van der Waals surface area (Å²) in [6.45, 7) is 0. The summed E-state index contributed by atoms with van der Waals surface area (Å²) in [5.41, 5.74) is 3.85. The first kappa shape index (κ1) is 13.3. The number of nitrogens with one attached hydrogen (secondary N) is 2. The molecule has 1 saturated carbocycles. The Bertz CT molecular complexity index is 742. The number of carbonyl (C=O) groups is 1. The summed E-state index contributed by atoms with van der Waals surface area (Å²) < 4.78 is 3.14. The van der Waals surface area contributed by atoms with Gasteiger partial charge in [0.2, 0.25) is 10.7 Å². The Kier molecular flexibility index (Phi) is 3.54. The number of benzene rings is 1. The minimum absolute atomic E-state index is 0.0154. The zero-order chi connectivity index (χ0) is 14.1. The van der Waals surface area contributed by atoms with Crippen molar-refractivity contribution in [2.75, 3.05) is 0 Å². The fourth-order valence-corrected chi connectivity index (χ4v) is 3.00. The molecule has 0 saturated heterocycles. The molecular formula is C13H14N4OS2. The molecule has 1 aromatic carbocycles. The van der Waals surface area contributed by atoms with Crippen LogP contribution in [0.5, 0.6) is 0 Å². The smallest absolute Gasteiger partial charge is 0.229 e. The lowest BCUT2D eigenvalue weighted by Gasteiger charge is -2.03. The van der Waals surface area contributed by atoms with Crippen molar-refractivity contribution in [1.82, 2.24) is 15.3 Å². The first-order valence-electron chi connectivity index (χ1n) is 6.34. The van der Waals surface area contributed by atoms with Crippen LogP contribution in [0.3, 0.4) is 0 Å². The summed E-state index contributed by atoms with van der Waals surface area (Å²) in [7, 11) is 1.95. The van der Waals surface area contributed by atoms with E-state index in [4.69, 9.17) is 12.2 Å². The highest BCUT2D eigenvalue weighted by Gasteiger charge is 2.29. The molecule has 1 aromatic heterocycles. The van der Waals surface area contributed by atoms with Gasteiger partial charge in [-0.25, -0.2) is 0 Å². The van der Waals surface area contributed by atoms with Gasteiger partial charge in [-0.15, -0.1) is 5.10 Å². The number of nitrogens with zero attached hydrogens (tertiary/aromatic N) is 2. The van der Waals surface area contributed by atoms with E-state index in [2.05, 4.69) is 15.8 Å². The van der Waals surface area contributed by atoms with E-state index < -0.39 is 0 Å². The molecule has 7 heteroatoms. The molecule has 1 heterocycles. The molecule has 2 N–H and O–H groups in total. The van der Waals surface area contributed by atoms with Crippen LogP contribution in [0.25, 0.3) is 10.2 Å². The maximum atomic E-state index is 11.6. The average molecular weight is 306 g/mol. The fourth-order valence-electron chi connectivity index (χ4n) is 1.87. The molecule has 0 radical (unpaired) electrons. The first-order chi connectivity index (χ1) is 9.65. The maximum Gasteiger partial charge on any atom is 0.229 e. The number of hydrogen-bond donors (Lipinski definition) is 2. The normalized spacial score (nSPS) is 15.3. The van der Waals surface area contributed by atoms with E-state index in [0.717, 1.165) is 27.9 Å². The third-order valence-corrected chi connectivity index (χ3v) is 4.46. The second-order valence-electron chi connectivity index (χ2n) is 4.73. The van der Waals surface area contributed by atoms with Crippen LogP contribution in [0.4, 0.5) is 0 Å². The number of thiazole rings is 1. The number of fused-ring (bicyclic) bond motifs is 1. The van der Waals surface area contributed by atoms with E-state index in [1.807, 2.05) is 35.9 Å². The standard InChI is InChI=1S/C13H14N4OS2/c1-17-9-4-2-3-5-10(9)20-13(17)16-15-12(19)14-11(18)8-6-7-8/h2-5,8H,6-7H2,1H3,(H2,14,15,18,19). The highest BCUT2D eigenvalue weighted by molar-refractivity contribution is 7.80. The molecule has 2 aromatic rings. The van der Waals surface area contributed by atoms with Crippen LogP contribution in [0.2, 0.25) is 0 Å². The quantitative estimate of drug-likeness (QED) is 0.652. The van der Waals surface area contributed by atoms with Crippen molar-refractivity contribution in [2.24, 2.45) is 18.1 Å². The Morgan fingerprint density at radius 2 is 2.20 bits per heavy atom. The second-order valence-corrected chi connectivity index (χ2v) is 6.14. The van der Waals surface area contributed by atoms with E-state index in [9.17, 15) is 4.79 Å². The van der Waals surface area contributed by atoms with Crippen LogP contribution in [0, 0.1) is 5.92 Å². The van der Waals surface area contributed by atoms with Crippen LogP contribution in [0.1, 0.15) is 12.8 Å². The molecule has 1 fully saturated rings. The van der Waals surface area contributed by atoms with Crippen LogP contribution in [0.15, 0.2) is 29.4 Å². The first-order valence-corrected chi connectivity index (χ1v) is 7.57. The van der Waals surface area contributed by atoms with Crippen molar-refractivity contribution >= 4 is 44.8 Å². The van der Waals surface area contributed by atoms with Gasteiger partial charge in [-0.05, 0) is 37.2 Å². The number of amides is 1. The van der Waals surface area contributed by atoms with Gasteiger partial charge < -0.3 is 9.88 Å². The SMILES string of the molecule is Cn1c(=NNC(=S)NC(=O)C2CC2)sc2ccccc21. The largest absolute Gasteiger partial charge is 0.318 e. The van der Waals surface area contributed by atoms with Gasteiger partial charge in [0.15, 0.2) is 5.11 Å². The zero-order valence-electron chi connectivity index (χ0n) is 10.9. The number of rotatable bonds is 2. The summed E-state index contributed by atoms with van der Waals surface area (Å²) in [5, 5.41) is 7.15. The fraction of sp³-hybridized carbons (Fsp3) is 0.308.